The molecule has 4 nitrogen and oxygen atoms in total. The Labute approximate surface area is 136 Å². The molecule has 0 aromatic heterocycles. The predicted molar refractivity (Wildman–Crippen MR) is 88.7 cm³/mol. The molecule has 0 radical (unpaired) electrons. The molecule has 1 heterocycles. The number of carbonyl (C=O) groups excluding carboxylic acids is 1. The van der Waals surface area contributed by atoms with Crippen molar-refractivity contribution in [1.29, 1.82) is 0 Å². The van der Waals surface area contributed by atoms with Gasteiger partial charge in [0.05, 0.1) is 20.1 Å². The molecule has 2 aromatic rings. The molecule has 1 amide bonds. The van der Waals surface area contributed by atoms with Gasteiger partial charge in [0, 0.05) is 12.0 Å². The van der Waals surface area contributed by atoms with Gasteiger partial charge in [-0.1, -0.05) is 30.3 Å². The molecule has 2 aromatic carbocycles. The van der Waals surface area contributed by atoms with Gasteiger partial charge in [-0.25, -0.2) is 0 Å². The maximum Gasteiger partial charge on any atom is 0.221 e. The zero-order valence-corrected chi connectivity index (χ0v) is 13.2. The van der Waals surface area contributed by atoms with Gasteiger partial charge in [0.15, 0.2) is 0 Å². The molecule has 23 heavy (non-hydrogen) atoms. The summed E-state index contributed by atoms with van der Waals surface area (Å²) in [6.07, 6.45) is 2.26. The number of rotatable bonds is 5. The van der Waals surface area contributed by atoms with Crippen LogP contribution in [0, 0.1) is 5.92 Å². The Morgan fingerprint density at radius 2 is 1.96 bits per heavy atom. The molecule has 1 aliphatic heterocycles. The minimum atomic E-state index is -0.300. The van der Waals surface area contributed by atoms with Crippen LogP contribution in [-0.2, 0) is 24.1 Å². The number of methoxy groups -OCH3 is 1. The number of ether oxygens (including phenoxy) is 2. The second kappa shape index (κ2) is 6.73. The zero-order valence-electron chi connectivity index (χ0n) is 13.2. The van der Waals surface area contributed by atoms with Crippen molar-refractivity contribution < 1.29 is 14.3 Å². The maximum atomic E-state index is 10.9. The smallest absolute Gasteiger partial charge is 0.221 e. The van der Waals surface area contributed by atoms with Crippen LogP contribution in [0.15, 0.2) is 42.5 Å². The fourth-order valence-corrected chi connectivity index (χ4v) is 3.00. The van der Waals surface area contributed by atoms with E-state index in [9.17, 15) is 4.79 Å². The first-order chi connectivity index (χ1) is 11.1. The lowest BCUT2D eigenvalue weighted by molar-refractivity contribution is -0.117. The standard InChI is InChI=1S/C19H21NO3/c1-22-17-7-6-16-9-15(12-23-18(16)11-17)8-13-2-4-14(5-3-13)10-19(20)21/h2-7,11,15H,8-10,12H2,1H3,(H2,20,21). The molecule has 2 N–H and O–H groups in total. The van der Waals surface area contributed by atoms with Gasteiger partial charge < -0.3 is 15.2 Å². The highest BCUT2D eigenvalue weighted by Crippen LogP contribution is 2.32. The Kier molecular flexibility index (Phi) is 4.51. The van der Waals surface area contributed by atoms with Crippen LogP contribution in [0.25, 0.3) is 0 Å². The monoisotopic (exact) mass is 311 g/mol. The van der Waals surface area contributed by atoms with Crippen molar-refractivity contribution in [3.8, 4) is 11.5 Å². The molecule has 0 spiro atoms. The van der Waals surface area contributed by atoms with Gasteiger partial charge in [0.1, 0.15) is 11.5 Å². The van der Waals surface area contributed by atoms with Gasteiger partial charge in [0.2, 0.25) is 5.91 Å². The van der Waals surface area contributed by atoms with E-state index in [4.69, 9.17) is 15.2 Å². The third-order valence-corrected chi connectivity index (χ3v) is 4.18. The molecular formula is C19H21NO3. The van der Waals surface area contributed by atoms with Gasteiger partial charge in [-0.05, 0) is 35.6 Å². The van der Waals surface area contributed by atoms with Crippen LogP contribution in [0.1, 0.15) is 16.7 Å². The molecule has 1 unspecified atom stereocenters. The first-order valence-electron chi connectivity index (χ1n) is 7.80. The quantitative estimate of drug-likeness (QED) is 0.923. The fraction of sp³-hybridized carbons (Fsp3) is 0.316. The molecule has 0 bridgehead atoms. The Hall–Kier alpha value is -2.49. The Morgan fingerprint density at radius 1 is 1.22 bits per heavy atom. The summed E-state index contributed by atoms with van der Waals surface area (Å²) in [6, 6.07) is 14.1. The molecule has 3 rings (SSSR count). The van der Waals surface area contributed by atoms with E-state index in [1.54, 1.807) is 7.11 Å². The number of fused-ring (bicyclic) bond motifs is 1. The normalized spacial score (nSPS) is 16.3. The van der Waals surface area contributed by atoms with Crippen molar-refractivity contribution in [3.63, 3.8) is 0 Å². The number of hydrogen-bond donors (Lipinski definition) is 1. The second-order valence-corrected chi connectivity index (χ2v) is 6.02. The van der Waals surface area contributed by atoms with Crippen molar-refractivity contribution in [2.75, 3.05) is 13.7 Å². The average molecular weight is 311 g/mol. The van der Waals surface area contributed by atoms with Crippen LogP contribution >= 0.6 is 0 Å². The topological polar surface area (TPSA) is 61.6 Å². The molecule has 0 fully saturated rings. The lowest BCUT2D eigenvalue weighted by atomic mass is 9.90. The average Bonchev–Trinajstić information content (AvgIpc) is 2.55. The number of nitrogens with two attached hydrogens (primary N) is 1. The number of amides is 1. The van der Waals surface area contributed by atoms with E-state index >= 15 is 0 Å². The summed E-state index contributed by atoms with van der Waals surface area (Å²) in [6.45, 7) is 0.712. The molecule has 0 aliphatic carbocycles. The predicted octanol–water partition coefficient (Wildman–Crippen LogP) is 2.52. The molecule has 4 heteroatoms. The summed E-state index contributed by atoms with van der Waals surface area (Å²) in [5, 5.41) is 0. The van der Waals surface area contributed by atoms with Gasteiger partial charge in [-0.15, -0.1) is 0 Å². The molecule has 1 atom stereocenters. The summed E-state index contributed by atoms with van der Waals surface area (Å²) in [4.78, 5) is 10.9. The third-order valence-electron chi connectivity index (χ3n) is 4.18. The van der Waals surface area contributed by atoms with Gasteiger partial charge >= 0.3 is 0 Å². The number of primary amides is 1. The SMILES string of the molecule is COc1ccc2c(c1)OCC(Cc1ccc(CC(N)=O)cc1)C2. The Balaban J connectivity index is 1.64. The minimum Gasteiger partial charge on any atom is -0.497 e. The molecule has 120 valence electrons. The van der Waals surface area contributed by atoms with E-state index in [1.807, 2.05) is 24.3 Å². The van der Waals surface area contributed by atoms with Crippen LogP contribution in [0.4, 0.5) is 0 Å². The van der Waals surface area contributed by atoms with Crippen LogP contribution < -0.4 is 15.2 Å². The summed E-state index contributed by atoms with van der Waals surface area (Å²) >= 11 is 0. The number of carbonyl (C=O) groups is 1. The first kappa shape index (κ1) is 15.4. The lowest BCUT2D eigenvalue weighted by Crippen LogP contribution is -2.22. The lowest BCUT2D eigenvalue weighted by Gasteiger charge is -2.25. The van der Waals surface area contributed by atoms with E-state index in [-0.39, 0.29) is 5.91 Å². The van der Waals surface area contributed by atoms with Crippen molar-refractivity contribution in [2.24, 2.45) is 11.7 Å². The van der Waals surface area contributed by atoms with Crippen molar-refractivity contribution in [3.05, 3.63) is 59.2 Å². The highest BCUT2D eigenvalue weighted by molar-refractivity contribution is 5.76. The summed E-state index contributed by atoms with van der Waals surface area (Å²) in [5.41, 5.74) is 8.65. The summed E-state index contributed by atoms with van der Waals surface area (Å²) < 4.78 is 11.1. The molecule has 1 aliphatic rings. The van der Waals surface area contributed by atoms with E-state index in [0.29, 0.717) is 18.9 Å². The Bertz CT molecular complexity index is 694. The number of benzene rings is 2. The van der Waals surface area contributed by atoms with E-state index < -0.39 is 0 Å². The third kappa shape index (κ3) is 3.83. The second-order valence-electron chi connectivity index (χ2n) is 6.02. The highest BCUT2D eigenvalue weighted by Gasteiger charge is 2.20. The van der Waals surface area contributed by atoms with Gasteiger partial charge in [-0.2, -0.15) is 0 Å². The van der Waals surface area contributed by atoms with E-state index in [2.05, 4.69) is 18.2 Å². The minimum absolute atomic E-state index is 0.294. The Morgan fingerprint density at radius 3 is 2.65 bits per heavy atom. The first-order valence-corrected chi connectivity index (χ1v) is 7.80. The van der Waals surface area contributed by atoms with Gasteiger partial charge in [0.25, 0.3) is 0 Å². The molecule has 0 saturated heterocycles. The van der Waals surface area contributed by atoms with Crippen molar-refractivity contribution >= 4 is 5.91 Å². The fourth-order valence-electron chi connectivity index (χ4n) is 3.00. The van der Waals surface area contributed by atoms with Crippen LogP contribution in [0.2, 0.25) is 0 Å². The summed E-state index contributed by atoms with van der Waals surface area (Å²) in [7, 11) is 1.66. The highest BCUT2D eigenvalue weighted by atomic mass is 16.5. The van der Waals surface area contributed by atoms with Crippen LogP contribution in [0.5, 0.6) is 11.5 Å². The van der Waals surface area contributed by atoms with Crippen molar-refractivity contribution in [2.45, 2.75) is 19.3 Å². The molecule has 0 saturated carbocycles. The van der Waals surface area contributed by atoms with Crippen LogP contribution in [-0.4, -0.2) is 19.6 Å². The molecular weight excluding hydrogens is 290 g/mol. The maximum absolute atomic E-state index is 10.9. The summed E-state index contributed by atoms with van der Waals surface area (Å²) in [5.74, 6) is 1.91. The van der Waals surface area contributed by atoms with Gasteiger partial charge in [-0.3, -0.25) is 4.79 Å². The zero-order chi connectivity index (χ0) is 16.2. The van der Waals surface area contributed by atoms with Crippen LogP contribution in [0.3, 0.4) is 0 Å². The number of hydrogen-bond acceptors (Lipinski definition) is 3. The van der Waals surface area contributed by atoms with E-state index in [1.165, 1.54) is 11.1 Å². The van der Waals surface area contributed by atoms with E-state index in [0.717, 1.165) is 29.9 Å². The largest absolute Gasteiger partial charge is 0.497 e. The van der Waals surface area contributed by atoms with Crippen molar-refractivity contribution in [1.82, 2.24) is 0 Å².